The first-order valence-corrected chi connectivity index (χ1v) is 9.67. The minimum absolute atomic E-state index is 0.0234. The van der Waals surface area contributed by atoms with Crippen LogP contribution < -0.4 is 5.32 Å². The van der Waals surface area contributed by atoms with Crippen molar-refractivity contribution in [2.75, 3.05) is 11.9 Å². The first-order chi connectivity index (χ1) is 12.3. The van der Waals surface area contributed by atoms with Crippen LogP contribution in [0.15, 0.2) is 18.2 Å². The van der Waals surface area contributed by atoms with Crippen LogP contribution in [0, 0.1) is 28.9 Å². The maximum absolute atomic E-state index is 13.6. The molecule has 0 heterocycles. The number of alkyl halides is 1. The molecule has 5 rings (SSSR count). The van der Waals surface area contributed by atoms with Crippen LogP contribution in [0.3, 0.4) is 0 Å². The number of halogens is 3. The number of rotatable bonds is 4. The number of amides is 1. The van der Waals surface area contributed by atoms with Crippen LogP contribution >= 0.6 is 15.9 Å². The van der Waals surface area contributed by atoms with Crippen LogP contribution in [0.5, 0.6) is 0 Å². The highest BCUT2D eigenvalue weighted by molar-refractivity contribution is 9.10. The quantitative estimate of drug-likeness (QED) is 0.579. The van der Waals surface area contributed by atoms with Crippen molar-refractivity contribution in [2.45, 2.75) is 42.8 Å². The molecule has 4 bridgehead atoms. The second-order valence-electron chi connectivity index (χ2n) is 8.14. The molecule has 4 nitrogen and oxygen atoms in total. The molecule has 1 amide bonds. The maximum atomic E-state index is 13.6. The number of hydrogen-bond acceptors (Lipinski definition) is 3. The fraction of sp³-hybridized carbons (Fsp3) is 0.579. The van der Waals surface area contributed by atoms with Crippen molar-refractivity contribution >= 4 is 33.5 Å². The summed E-state index contributed by atoms with van der Waals surface area (Å²) in [6, 6.07) is 2.88. The Morgan fingerprint density at radius 3 is 2.50 bits per heavy atom. The normalized spacial score (nSPS) is 34.6. The zero-order valence-electron chi connectivity index (χ0n) is 14.2. The van der Waals surface area contributed by atoms with Crippen molar-refractivity contribution in [3.63, 3.8) is 0 Å². The molecule has 4 aliphatic rings. The van der Waals surface area contributed by atoms with Gasteiger partial charge in [-0.15, -0.1) is 0 Å². The topological polar surface area (TPSA) is 55.4 Å². The van der Waals surface area contributed by atoms with Crippen LogP contribution in [0.4, 0.5) is 14.5 Å². The fourth-order valence-electron chi connectivity index (χ4n) is 5.45. The summed E-state index contributed by atoms with van der Waals surface area (Å²) in [5.74, 6) is -1.49. The van der Waals surface area contributed by atoms with Crippen molar-refractivity contribution in [3.05, 3.63) is 29.8 Å². The number of benzene rings is 1. The second kappa shape index (κ2) is 6.29. The van der Waals surface area contributed by atoms with Gasteiger partial charge in [0.25, 0.3) is 5.91 Å². The van der Waals surface area contributed by atoms with Gasteiger partial charge in [-0.2, -0.15) is 0 Å². The zero-order valence-corrected chi connectivity index (χ0v) is 15.8. The average Bonchev–Trinajstić information content (AvgIpc) is 2.53. The number of anilines is 1. The molecule has 1 N–H and O–H groups in total. The minimum Gasteiger partial charge on any atom is -0.455 e. The van der Waals surface area contributed by atoms with Crippen LogP contribution in [0.25, 0.3) is 0 Å². The number of hydrogen-bond donors (Lipinski definition) is 1. The Kier molecular flexibility index (Phi) is 4.33. The molecule has 0 aliphatic heterocycles. The van der Waals surface area contributed by atoms with E-state index in [0.29, 0.717) is 17.9 Å². The lowest BCUT2D eigenvalue weighted by molar-refractivity contribution is -0.170. The summed E-state index contributed by atoms with van der Waals surface area (Å²) in [6.07, 6.45) is 5.77. The third kappa shape index (κ3) is 3.26. The first-order valence-electron chi connectivity index (χ1n) is 8.88. The lowest BCUT2D eigenvalue weighted by atomic mass is 9.49. The molecule has 2 unspecified atom stereocenters. The summed E-state index contributed by atoms with van der Waals surface area (Å²) in [6.45, 7) is -0.470. The SMILES string of the molecule is O=C(COC(=O)C12CC3CC(CC(Br)(C3)C1)C2)Nc1ccc(F)cc1F. The number of carbonyl (C=O) groups is 2. The number of ether oxygens (including phenoxy) is 1. The Labute approximate surface area is 158 Å². The second-order valence-corrected chi connectivity index (χ2v) is 9.82. The standard InChI is InChI=1S/C19H20BrF2NO3/c20-19-7-11-3-12(8-19)6-18(5-11,10-19)17(25)26-9-16(24)23-15-2-1-13(21)4-14(15)22/h1-2,4,11-12H,3,5-10H2,(H,23,24). The Balaban J connectivity index is 1.37. The van der Waals surface area contributed by atoms with E-state index in [-0.39, 0.29) is 16.0 Å². The van der Waals surface area contributed by atoms with E-state index in [0.717, 1.165) is 44.2 Å². The molecule has 0 aromatic heterocycles. The molecule has 4 aliphatic carbocycles. The van der Waals surface area contributed by atoms with E-state index in [9.17, 15) is 18.4 Å². The number of carbonyl (C=O) groups excluding carboxylic acids is 2. The molecule has 26 heavy (non-hydrogen) atoms. The minimum atomic E-state index is -0.869. The van der Waals surface area contributed by atoms with Gasteiger partial charge in [0.15, 0.2) is 6.61 Å². The highest BCUT2D eigenvalue weighted by atomic mass is 79.9. The predicted molar refractivity (Wildman–Crippen MR) is 94.7 cm³/mol. The lowest BCUT2D eigenvalue weighted by Gasteiger charge is -2.58. The molecule has 1 aromatic rings. The fourth-order valence-corrected chi connectivity index (χ4v) is 6.90. The molecule has 0 radical (unpaired) electrons. The summed E-state index contributed by atoms with van der Waals surface area (Å²) >= 11 is 3.84. The smallest absolute Gasteiger partial charge is 0.312 e. The summed E-state index contributed by atoms with van der Waals surface area (Å²) in [7, 11) is 0. The molecule has 2 atom stereocenters. The van der Waals surface area contributed by atoms with Crippen molar-refractivity contribution in [3.8, 4) is 0 Å². The van der Waals surface area contributed by atoms with Gasteiger partial charge in [-0.3, -0.25) is 9.59 Å². The highest BCUT2D eigenvalue weighted by Crippen LogP contribution is 2.64. The maximum Gasteiger partial charge on any atom is 0.312 e. The number of nitrogens with one attached hydrogen (secondary N) is 1. The predicted octanol–water partition coefficient (Wildman–Crippen LogP) is 4.18. The molecule has 4 fully saturated rings. The molecular formula is C19H20BrF2NO3. The molecule has 0 saturated heterocycles. The van der Waals surface area contributed by atoms with Crippen LogP contribution in [0.1, 0.15) is 38.5 Å². The lowest BCUT2D eigenvalue weighted by Crippen LogP contribution is -2.56. The van der Waals surface area contributed by atoms with Gasteiger partial charge in [0.05, 0.1) is 11.1 Å². The van der Waals surface area contributed by atoms with E-state index in [2.05, 4.69) is 21.2 Å². The van der Waals surface area contributed by atoms with Gasteiger partial charge in [-0.05, 0) is 62.5 Å². The Hall–Kier alpha value is -1.50. The molecule has 4 saturated carbocycles. The van der Waals surface area contributed by atoms with Crippen LogP contribution in [-0.4, -0.2) is 22.8 Å². The van der Waals surface area contributed by atoms with E-state index in [4.69, 9.17) is 4.74 Å². The summed E-state index contributed by atoms with van der Waals surface area (Å²) in [5.41, 5.74) is -0.642. The van der Waals surface area contributed by atoms with Gasteiger partial charge in [-0.1, -0.05) is 15.9 Å². The zero-order chi connectivity index (χ0) is 18.5. The largest absolute Gasteiger partial charge is 0.455 e. The molecule has 7 heteroatoms. The van der Waals surface area contributed by atoms with Gasteiger partial charge in [-0.25, -0.2) is 8.78 Å². The Morgan fingerprint density at radius 2 is 1.88 bits per heavy atom. The van der Waals surface area contributed by atoms with Gasteiger partial charge in [0, 0.05) is 10.4 Å². The van der Waals surface area contributed by atoms with Gasteiger partial charge >= 0.3 is 5.97 Å². The van der Waals surface area contributed by atoms with E-state index >= 15 is 0 Å². The van der Waals surface area contributed by atoms with E-state index in [1.54, 1.807) is 0 Å². The van der Waals surface area contributed by atoms with Crippen molar-refractivity contribution < 1.29 is 23.1 Å². The van der Waals surface area contributed by atoms with E-state index < -0.39 is 29.6 Å². The molecule has 1 aromatic carbocycles. The average molecular weight is 428 g/mol. The van der Waals surface area contributed by atoms with Crippen LogP contribution in [-0.2, 0) is 14.3 Å². The molecule has 0 spiro atoms. The van der Waals surface area contributed by atoms with Crippen molar-refractivity contribution in [1.82, 2.24) is 0 Å². The Morgan fingerprint density at radius 1 is 1.19 bits per heavy atom. The van der Waals surface area contributed by atoms with Gasteiger partial charge in [0.2, 0.25) is 0 Å². The third-order valence-corrected chi connectivity index (χ3v) is 6.89. The van der Waals surface area contributed by atoms with Crippen molar-refractivity contribution in [2.24, 2.45) is 17.3 Å². The van der Waals surface area contributed by atoms with E-state index in [1.165, 1.54) is 6.42 Å². The molecular weight excluding hydrogens is 408 g/mol. The molecule has 140 valence electrons. The first kappa shape index (κ1) is 17.9. The van der Waals surface area contributed by atoms with Gasteiger partial charge in [0.1, 0.15) is 11.6 Å². The summed E-state index contributed by atoms with van der Waals surface area (Å²) in [4.78, 5) is 24.7. The van der Waals surface area contributed by atoms with Crippen LogP contribution in [0.2, 0.25) is 0 Å². The highest BCUT2D eigenvalue weighted by Gasteiger charge is 2.60. The van der Waals surface area contributed by atoms with Gasteiger partial charge < -0.3 is 10.1 Å². The summed E-state index contributed by atoms with van der Waals surface area (Å²) in [5, 5.41) is 2.31. The van der Waals surface area contributed by atoms with E-state index in [1.807, 2.05) is 0 Å². The Bertz CT molecular complexity index is 755. The third-order valence-electron chi connectivity index (χ3n) is 5.96. The number of esters is 1. The monoisotopic (exact) mass is 427 g/mol. The summed E-state index contributed by atoms with van der Waals surface area (Å²) < 4.78 is 31.8. The van der Waals surface area contributed by atoms with Crippen molar-refractivity contribution in [1.29, 1.82) is 0 Å².